The lowest BCUT2D eigenvalue weighted by Crippen LogP contribution is -2.40. The van der Waals surface area contributed by atoms with E-state index in [-0.39, 0.29) is 6.04 Å². The first-order valence-electron chi connectivity index (χ1n) is 6.11. The summed E-state index contributed by atoms with van der Waals surface area (Å²) in [4.78, 5) is 15.4. The number of rotatable bonds is 4. The Balaban J connectivity index is 2.36. The number of carbonyl (C=O) groups is 1. The molecule has 6 heteroatoms. The van der Waals surface area contributed by atoms with Crippen LogP contribution in [0.4, 0.5) is 10.5 Å². The summed E-state index contributed by atoms with van der Waals surface area (Å²) in [5.74, 6) is 0. The Morgan fingerprint density at radius 2 is 2.21 bits per heavy atom. The van der Waals surface area contributed by atoms with E-state index >= 15 is 0 Å². The first-order valence-corrected chi connectivity index (χ1v) is 6.49. The molecule has 0 saturated heterocycles. The highest BCUT2D eigenvalue weighted by Gasteiger charge is 2.17. The van der Waals surface area contributed by atoms with Gasteiger partial charge in [0, 0.05) is 24.5 Å². The first kappa shape index (κ1) is 15.6. The molecule has 0 unspecified atom stereocenters. The largest absolute Gasteiger partial charge is 0.444 e. The van der Waals surface area contributed by atoms with E-state index in [1.165, 1.54) is 0 Å². The Hall–Kier alpha value is -1.49. The third-order valence-corrected chi connectivity index (χ3v) is 2.31. The van der Waals surface area contributed by atoms with Crippen LogP contribution in [0.5, 0.6) is 0 Å². The van der Waals surface area contributed by atoms with Gasteiger partial charge >= 0.3 is 6.09 Å². The van der Waals surface area contributed by atoms with Crippen LogP contribution in [-0.2, 0) is 4.74 Å². The summed E-state index contributed by atoms with van der Waals surface area (Å²) >= 11 is 5.78. The summed E-state index contributed by atoms with van der Waals surface area (Å²) in [7, 11) is 0. The van der Waals surface area contributed by atoms with Crippen molar-refractivity contribution in [3.05, 3.63) is 23.5 Å². The summed E-state index contributed by atoms with van der Waals surface area (Å²) in [6, 6.07) is 3.47. The molecule has 0 radical (unpaired) electrons. The van der Waals surface area contributed by atoms with Gasteiger partial charge in [-0.15, -0.1) is 0 Å². The van der Waals surface area contributed by atoms with Crippen molar-refractivity contribution >= 4 is 23.4 Å². The fourth-order valence-electron chi connectivity index (χ4n) is 1.34. The minimum Gasteiger partial charge on any atom is -0.444 e. The predicted molar refractivity (Wildman–Crippen MR) is 76.6 cm³/mol. The number of pyridine rings is 1. The maximum Gasteiger partial charge on any atom is 0.407 e. The number of hydrogen-bond acceptors (Lipinski definition) is 4. The number of carbonyl (C=O) groups excluding carboxylic acids is 1. The van der Waals surface area contributed by atoms with Crippen LogP contribution in [0, 0.1) is 0 Å². The third-order valence-electron chi connectivity index (χ3n) is 2.10. The number of hydrogen-bond donors (Lipinski definition) is 2. The SMILES string of the molecule is C[C@@H](CNc1ccnc(Cl)c1)NC(=O)OC(C)(C)C. The van der Waals surface area contributed by atoms with Gasteiger partial charge in [0.15, 0.2) is 0 Å². The quantitative estimate of drug-likeness (QED) is 0.835. The Kier molecular flexibility index (Phi) is 5.42. The van der Waals surface area contributed by atoms with Crippen LogP contribution >= 0.6 is 11.6 Å². The van der Waals surface area contributed by atoms with Crippen molar-refractivity contribution in [1.82, 2.24) is 10.3 Å². The number of aromatic nitrogens is 1. The minimum atomic E-state index is -0.490. The van der Waals surface area contributed by atoms with Gasteiger partial charge in [0.25, 0.3) is 0 Å². The highest BCUT2D eigenvalue weighted by molar-refractivity contribution is 6.29. The molecular formula is C13H20ClN3O2. The van der Waals surface area contributed by atoms with Gasteiger partial charge in [0.2, 0.25) is 0 Å². The summed E-state index contributed by atoms with van der Waals surface area (Å²) in [6.45, 7) is 7.94. The van der Waals surface area contributed by atoms with Crippen LogP contribution in [0.1, 0.15) is 27.7 Å². The molecule has 0 aliphatic carbocycles. The molecule has 5 nitrogen and oxygen atoms in total. The highest BCUT2D eigenvalue weighted by Crippen LogP contribution is 2.11. The van der Waals surface area contributed by atoms with Gasteiger partial charge in [-0.25, -0.2) is 9.78 Å². The molecule has 1 amide bonds. The molecule has 1 aromatic heterocycles. The normalized spacial score (nSPS) is 12.7. The number of ether oxygens (including phenoxy) is 1. The van der Waals surface area contributed by atoms with Gasteiger partial charge in [-0.05, 0) is 39.8 Å². The second-order valence-corrected chi connectivity index (χ2v) is 5.68. The summed E-state index contributed by atoms with van der Waals surface area (Å²) in [5, 5.41) is 6.34. The lowest BCUT2D eigenvalue weighted by atomic mass is 10.2. The Morgan fingerprint density at radius 3 is 2.79 bits per heavy atom. The van der Waals surface area contributed by atoms with E-state index in [2.05, 4.69) is 15.6 Å². The lowest BCUT2D eigenvalue weighted by Gasteiger charge is -2.22. The zero-order valence-corrected chi connectivity index (χ0v) is 12.4. The lowest BCUT2D eigenvalue weighted by molar-refractivity contribution is 0.0511. The van der Waals surface area contributed by atoms with Crippen molar-refractivity contribution in [3.8, 4) is 0 Å². The van der Waals surface area contributed by atoms with E-state index in [4.69, 9.17) is 16.3 Å². The minimum absolute atomic E-state index is 0.0678. The molecule has 0 aromatic carbocycles. The number of nitrogens with one attached hydrogen (secondary N) is 2. The van der Waals surface area contributed by atoms with Crippen molar-refractivity contribution in [3.63, 3.8) is 0 Å². The zero-order chi connectivity index (χ0) is 14.5. The van der Waals surface area contributed by atoms with Crippen molar-refractivity contribution < 1.29 is 9.53 Å². The van der Waals surface area contributed by atoms with Crippen LogP contribution in [0.2, 0.25) is 5.15 Å². The maximum atomic E-state index is 11.5. The highest BCUT2D eigenvalue weighted by atomic mass is 35.5. The molecular weight excluding hydrogens is 266 g/mol. The Morgan fingerprint density at radius 1 is 1.53 bits per heavy atom. The predicted octanol–water partition coefficient (Wildman–Crippen LogP) is 3.06. The molecule has 1 rings (SSSR count). The van der Waals surface area contributed by atoms with Crippen LogP contribution in [0.25, 0.3) is 0 Å². The maximum absolute atomic E-state index is 11.5. The molecule has 0 bridgehead atoms. The molecule has 0 spiro atoms. The number of amides is 1. The molecule has 0 fully saturated rings. The molecule has 106 valence electrons. The van der Waals surface area contributed by atoms with E-state index in [0.717, 1.165) is 5.69 Å². The van der Waals surface area contributed by atoms with Crippen molar-refractivity contribution in [1.29, 1.82) is 0 Å². The topological polar surface area (TPSA) is 63.2 Å². The molecule has 1 atom stereocenters. The number of anilines is 1. The average Bonchev–Trinajstić information content (AvgIpc) is 2.23. The summed E-state index contributed by atoms with van der Waals surface area (Å²) < 4.78 is 5.17. The van der Waals surface area contributed by atoms with E-state index in [1.54, 1.807) is 12.3 Å². The number of alkyl carbamates (subject to hydrolysis) is 1. The monoisotopic (exact) mass is 285 g/mol. The number of halogens is 1. The van der Waals surface area contributed by atoms with Gasteiger partial charge < -0.3 is 15.4 Å². The summed E-state index contributed by atoms with van der Waals surface area (Å²) in [5.41, 5.74) is 0.369. The smallest absolute Gasteiger partial charge is 0.407 e. The van der Waals surface area contributed by atoms with Crippen LogP contribution in [0.3, 0.4) is 0 Å². The van der Waals surface area contributed by atoms with Crippen molar-refractivity contribution in [2.45, 2.75) is 39.3 Å². The molecule has 19 heavy (non-hydrogen) atoms. The van der Waals surface area contributed by atoms with E-state index < -0.39 is 11.7 Å². The van der Waals surface area contributed by atoms with Crippen LogP contribution in [0.15, 0.2) is 18.3 Å². The Bertz CT molecular complexity index is 432. The molecule has 2 N–H and O–H groups in total. The van der Waals surface area contributed by atoms with Crippen molar-refractivity contribution in [2.75, 3.05) is 11.9 Å². The van der Waals surface area contributed by atoms with Crippen LogP contribution < -0.4 is 10.6 Å². The standard InChI is InChI=1S/C13H20ClN3O2/c1-9(17-12(18)19-13(2,3)4)8-16-10-5-6-15-11(14)7-10/h5-7,9H,8H2,1-4H3,(H,15,16)(H,17,18)/t9-/m0/s1. The fraction of sp³-hybridized carbons (Fsp3) is 0.538. The summed E-state index contributed by atoms with van der Waals surface area (Å²) in [6.07, 6.45) is 1.20. The second kappa shape index (κ2) is 6.61. The van der Waals surface area contributed by atoms with E-state index in [0.29, 0.717) is 11.7 Å². The number of nitrogens with zero attached hydrogens (tertiary/aromatic N) is 1. The van der Waals surface area contributed by atoms with Gasteiger partial charge in [0.1, 0.15) is 10.8 Å². The van der Waals surface area contributed by atoms with Gasteiger partial charge in [-0.3, -0.25) is 0 Å². The molecule has 1 aromatic rings. The first-order chi connectivity index (χ1) is 8.76. The molecule has 1 heterocycles. The average molecular weight is 286 g/mol. The van der Waals surface area contributed by atoms with Gasteiger partial charge in [-0.2, -0.15) is 0 Å². The molecule has 0 aliphatic rings. The van der Waals surface area contributed by atoms with E-state index in [1.807, 2.05) is 33.8 Å². The molecule has 0 aliphatic heterocycles. The third kappa shape index (κ3) is 6.86. The zero-order valence-electron chi connectivity index (χ0n) is 11.7. The van der Waals surface area contributed by atoms with E-state index in [9.17, 15) is 4.79 Å². The Labute approximate surface area is 118 Å². The van der Waals surface area contributed by atoms with Crippen molar-refractivity contribution in [2.24, 2.45) is 0 Å². The van der Waals surface area contributed by atoms with Crippen LogP contribution in [-0.4, -0.2) is 29.3 Å². The molecule has 0 saturated carbocycles. The van der Waals surface area contributed by atoms with Gasteiger partial charge in [0.05, 0.1) is 0 Å². The van der Waals surface area contributed by atoms with Gasteiger partial charge in [-0.1, -0.05) is 11.6 Å². The fourth-order valence-corrected chi connectivity index (χ4v) is 1.52. The second-order valence-electron chi connectivity index (χ2n) is 5.30.